The van der Waals surface area contributed by atoms with Crippen molar-refractivity contribution in [3.8, 4) is 23.0 Å². The highest BCUT2D eigenvalue weighted by Gasteiger charge is 2.41. The van der Waals surface area contributed by atoms with Crippen molar-refractivity contribution in [2.24, 2.45) is 0 Å². The Bertz CT molecular complexity index is 1970. The summed E-state index contributed by atoms with van der Waals surface area (Å²) >= 11 is 0. The minimum atomic E-state index is -0.226. The van der Waals surface area contributed by atoms with Gasteiger partial charge in [0.25, 0.3) is 0 Å². The second-order valence-electron chi connectivity index (χ2n) is 10.2. The zero-order valence-corrected chi connectivity index (χ0v) is 20.6. The molecule has 1 aliphatic rings. The van der Waals surface area contributed by atoms with E-state index in [4.69, 9.17) is 15.0 Å². The van der Waals surface area contributed by atoms with Crippen LogP contribution in [0.5, 0.6) is 0 Å². The third kappa shape index (κ3) is 2.60. The SMILES string of the molecule is CC1(C)c2cccnc2-c2c1n(-c1ccnc(-n3c4ccccc4c4ccccc43)n1)c1ccccc21. The van der Waals surface area contributed by atoms with Crippen LogP contribution in [0.1, 0.15) is 25.1 Å². The minimum Gasteiger partial charge on any atom is -0.296 e. The molecule has 7 aromatic rings. The van der Waals surface area contributed by atoms with E-state index in [-0.39, 0.29) is 5.41 Å². The van der Waals surface area contributed by atoms with Crippen LogP contribution in [0.25, 0.3) is 55.7 Å². The molecular weight excluding hydrogens is 454 g/mol. The number of para-hydroxylation sites is 3. The molecule has 0 N–H and O–H groups in total. The van der Waals surface area contributed by atoms with Crippen molar-refractivity contribution in [2.45, 2.75) is 19.3 Å². The highest BCUT2D eigenvalue weighted by atomic mass is 15.2. The number of aromatic nitrogens is 5. The summed E-state index contributed by atoms with van der Waals surface area (Å²) in [6.45, 7) is 4.56. The van der Waals surface area contributed by atoms with Gasteiger partial charge >= 0.3 is 0 Å². The molecule has 0 aliphatic heterocycles. The van der Waals surface area contributed by atoms with Crippen molar-refractivity contribution in [2.75, 3.05) is 0 Å². The van der Waals surface area contributed by atoms with Crippen molar-refractivity contribution < 1.29 is 0 Å². The highest BCUT2D eigenvalue weighted by molar-refractivity contribution is 6.09. The van der Waals surface area contributed by atoms with E-state index < -0.39 is 0 Å². The molecule has 0 fully saturated rings. The zero-order valence-electron chi connectivity index (χ0n) is 20.6. The number of benzene rings is 3. The average Bonchev–Trinajstić information content (AvgIpc) is 3.54. The number of hydrogen-bond donors (Lipinski definition) is 0. The van der Waals surface area contributed by atoms with Gasteiger partial charge in [-0.15, -0.1) is 0 Å². The first-order valence-corrected chi connectivity index (χ1v) is 12.6. The third-order valence-electron chi connectivity index (χ3n) is 7.82. The van der Waals surface area contributed by atoms with Gasteiger partial charge in [-0.3, -0.25) is 14.1 Å². The molecule has 0 amide bonds. The van der Waals surface area contributed by atoms with Crippen LogP contribution in [0, 0.1) is 0 Å². The molecule has 0 saturated heterocycles. The Balaban J connectivity index is 1.45. The van der Waals surface area contributed by atoms with Gasteiger partial charge in [0, 0.05) is 45.2 Å². The van der Waals surface area contributed by atoms with Gasteiger partial charge in [-0.05, 0) is 35.9 Å². The van der Waals surface area contributed by atoms with Gasteiger partial charge in [0.2, 0.25) is 5.95 Å². The molecule has 0 bridgehead atoms. The molecule has 0 spiro atoms. The molecule has 1 aliphatic carbocycles. The summed E-state index contributed by atoms with van der Waals surface area (Å²) < 4.78 is 4.48. The molecule has 0 saturated carbocycles. The van der Waals surface area contributed by atoms with E-state index in [1.54, 1.807) is 0 Å². The van der Waals surface area contributed by atoms with Crippen LogP contribution >= 0.6 is 0 Å². The molecule has 0 atom stereocenters. The summed E-state index contributed by atoms with van der Waals surface area (Å²) in [7, 11) is 0. The lowest BCUT2D eigenvalue weighted by molar-refractivity contribution is 0.619. The quantitative estimate of drug-likeness (QED) is 0.264. The van der Waals surface area contributed by atoms with Crippen LogP contribution in [0.15, 0.2) is 103 Å². The number of pyridine rings is 1. The van der Waals surface area contributed by atoms with E-state index in [0.717, 1.165) is 28.1 Å². The molecule has 3 aromatic carbocycles. The molecule has 8 rings (SSSR count). The summed E-state index contributed by atoms with van der Waals surface area (Å²) in [5, 5.41) is 3.59. The molecule has 5 heteroatoms. The van der Waals surface area contributed by atoms with E-state index in [1.807, 2.05) is 24.5 Å². The van der Waals surface area contributed by atoms with Crippen LogP contribution in [0.2, 0.25) is 0 Å². The molecule has 0 unspecified atom stereocenters. The predicted molar refractivity (Wildman–Crippen MR) is 149 cm³/mol. The van der Waals surface area contributed by atoms with Crippen LogP contribution in [-0.4, -0.2) is 24.1 Å². The van der Waals surface area contributed by atoms with Crippen molar-refractivity contribution in [3.05, 3.63) is 115 Å². The second-order valence-corrected chi connectivity index (χ2v) is 10.2. The molecule has 176 valence electrons. The average molecular weight is 478 g/mol. The van der Waals surface area contributed by atoms with E-state index in [0.29, 0.717) is 5.95 Å². The van der Waals surface area contributed by atoms with Gasteiger partial charge in [0.1, 0.15) is 5.82 Å². The number of nitrogens with zero attached hydrogens (tertiary/aromatic N) is 5. The maximum absolute atomic E-state index is 5.21. The Kier molecular flexibility index (Phi) is 3.94. The van der Waals surface area contributed by atoms with Crippen LogP contribution in [0.3, 0.4) is 0 Å². The normalized spacial score (nSPS) is 13.9. The maximum Gasteiger partial charge on any atom is 0.236 e. The van der Waals surface area contributed by atoms with Gasteiger partial charge in [-0.25, -0.2) is 4.98 Å². The van der Waals surface area contributed by atoms with Gasteiger partial charge < -0.3 is 0 Å². The van der Waals surface area contributed by atoms with Crippen molar-refractivity contribution in [1.29, 1.82) is 0 Å². The Morgan fingerprint density at radius 3 is 1.92 bits per heavy atom. The Morgan fingerprint density at radius 2 is 1.22 bits per heavy atom. The fourth-order valence-electron chi connectivity index (χ4n) is 6.26. The number of rotatable bonds is 2. The van der Waals surface area contributed by atoms with Crippen molar-refractivity contribution in [3.63, 3.8) is 0 Å². The Morgan fingerprint density at radius 1 is 0.595 bits per heavy atom. The molecule has 0 radical (unpaired) electrons. The maximum atomic E-state index is 5.21. The van der Waals surface area contributed by atoms with Crippen LogP contribution in [0.4, 0.5) is 0 Å². The van der Waals surface area contributed by atoms with E-state index >= 15 is 0 Å². The number of hydrogen-bond acceptors (Lipinski definition) is 3. The van der Waals surface area contributed by atoms with Gasteiger partial charge in [0.05, 0.1) is 22.2 Å². The third-order valence-corrected chi connectivity index (χ3v) is 7.82. The van der Waals surface area contributed by atoms with E-state index in [1.165, 1.54) is 33.0 Å². The summed E-state index contributed by atoms with van der Waals surface area (Å²) in [4.78, 5) is 14.8. The lowest BCUT2D eigenvalue weighted by Crippen LogP contribution is -2.20. The first-order valence-electron chi connectivity index (χ1n) is 12.6. The largest absolute Gasteiger partial charge is 0.296 e. The standard InChI is InChI=1S/C32H23N5/c1-32(2)23-13-9-18-33-29(23)28-22-12-5-8-16-26(22)37(30(28)32)27-17-19-34-31(35-27)36-24-14-6-3-10-20(24)21-11-4-7-15-25(21)36/h3-19H,1-2H3. The van der Waals surface area contributed by atoms with Gasteiger partial charge in [-0.2, -0.15) is 4.98 Å². The summed E-state index contributed by atoms with van der Waals surface area (Å²) in [6, 6.07) is 31.7. The molecular formula is C32H23N5. The van der Waals surface area contributed by atoms with Crippen molar-refractivity contribution in [1.82, 2.24) is 24.1 Å². The lowest BCUT2D eigenvalue weighted by atomic mass is 9.86. The first-order chi connectivity index (χ1) is 18.1. The second kappa shape index (κ2) is 7.14. The monoisotopic (exact) mass is 477 g/mol. The van der Waals surface area contributed by atoms with E-state index in [9.17, 15) is 0 Å². The molecule has 37 heavy (non-hydrogen) atoms. The fourth-order valence-corrected chi connectivity index (χ4v) is 6.26. The topological polar surface area (TPSA) is 48.5 Å². The molecule has 5 nitrogen and oxygen atoms in total. The summed E-state index contributed by atoms with van der Waals surface area (Å²) in [5.74, 6) is 1.51. The lowest BCUT2D eigenvalue weighted by Gasteiger charge is -2.24. The first kappa shape index (κ1) is 20.4. The van der Waals surface area contributed by atoms with E-state index in [2.05, 4.69) is 102 Å². The fraction of sp³-hybridized carbons (Fsp3) is 0.0938. The smallest absolute Gasteiger partial charge is 0.236 e. The Hall–Kier alpha value is -4.77. The molecule has 4 aromatic heterocycles. The number of fused-ring (bicyclic) bond motifs is 8. The summed E-state index contributed by atoms with van der Waals surface area (Å²) in [5.41, 5.74) is 7.83. The van der Waals surface area contributed by atoms with Crippen LogP contribution in [-0.2, 0) is 5.41 Å². The van der Waals surface area contributed by atoms with Gasteiger partial charge in [0.15, 0.2) is 0 Å². The van der Waals surface area contributed by atoms with Crippen LogP contribution < -0.4 is 0 Å². The minimum absolute atomic E-state index is 0.226. The Labute approximate surface area is 213 Å². The predicted octanol–water partition coefficient (Wildman–Crippen LogP) is 7.22. The van der Waals surface area contributed by atoms with Gasteiger partial charge in [-0.1, -0.05) is 74.5 Å². The summed E-state index contributed by atoms with van der Waals surface area (Å²) in [6.07, 6.45) is 3.76. The molecule has 4 heterocycles. The van der Waals surface area contributed by atoms with Crippen molar-refractivity contribution >= 4 is 32.7 Å². The highest BCUT2D eigenvalue weighted by Crippen LogP contribution is 2.52. The zero-order chi connectivity index (χ0) is 24.7.